The van der Waals surface area contributed by atoms with E-state index in [0.29, 0.717) is 16.3 Å². The van der Waals surface area contributed by atoms with Crippen molar-refractivity contribution in [1.82, 2.24) is 24.7 Å². The van der Waals surface area contributed by atoms with Crippen LogP contribution in [0.4, 0.5) is 0 Å². The molecule has 3 aromatic heterocycles. The van der Waals surface area contributed by atoms with Gasteiger partial charge in [-0.2, -0.15) is 0 Å². The van der Waals surface area contributed by atoms with E-state index in [2.05, 4.69) is 33.2 Å². The highest BCUT2D eigenvalue weighted by Gasteiger charge is 2.13. The number of hydrogen-bond acceptors (Lipinski definition) is 6. The van der Waals surface area contributed by atoms with E-state index in [1.165, 1.54) is 23.1 Å². The van der Waals surface area contributed by atoms with Crippen LogP contribution >= 0.6 is 23.1 Å². The van der Waals surface area contributed by atoms with Crippen LogP contribution in [0.5, 0.6) is 0 Å². The standard InChI is InChI=1S/C17H15N5OS2/c1-10-5-3-4-6-11(10)15-20-21-17(22(15)2)25-9-13-18-12-7-8-24-14(12)16(23)19-13/h3-8H,9H2,1-2H3,(H,18,19,23). The van der Waals surface area contributed by atoms with Gasteiger partial charge in [-0.1, -0.05) is 36.0 Å². The molecule has 0 spiro atoms. The maximum absolute atomic E-state index is 12.0. The number of nitrogens with zero attached hydrogens (tertiary/aromatic N) is 4. The number of fused-ring (bicyclic) bond motifs is 1. The molecular weight excluding hydrogens is 354 g/mol. The van der Waals surface area contributed by atoms with Gasteiger partial charge in [0.1, 0.15) is 10.5 Å². The van der Waals surface area contributed by atoms with Crippen molar-refractivity contribution < 1.29 is 0 Å². The van der Waals surface area contributed by atoms with Crippen LogP contribution < -0.4 is 5.56 Å². The number of thiophene rings is 1. The maximum Gasteiger partial charge on any atom is 0.268 e. The van der Waals surface area contributed by atoms with Crippen LogP contribution in [0.2, 0.25) is 0 Å². The molecule has 0 radical (unpaired) electrons. The number of H-pyrrole nitrogens is 1. The molecule has 0 unspecified atom stereocenters. The monoisotopic (exact) mass is 369 g/mol. The van der Waals surface area contributed by atoms with E-state index in [1.807, 2.05) is 41.3 Å². The number of rotatable bonds is 4. The van der Waals surface area contributed by atoms with Crippen molar-refractivity contribution in [1.29, 1.82) is 0 Å². The Morgan fingerprint density at radius 2 is 2.08 bits per heavy atom. The third-order valence-electron chi connectivity index (χ3n) is 3.92. The molecule has 6 nitrogen and oxygen atoms in total. The Morgan fingerprint density at radius 3 is 2.92 bits per heavy atom. The SMILES string of the molecule is Cc1ccccc1-c1nnc(SCc2nc3ccsc3c(=O)[nH]2)n1C. The van der Waals surface area contributed by atoms with Crippen molar-refractivity contribution in [2.75, 3.05) is 0 Å². The first kappa shape index (κ1) is 16.0. The highest BCUT2D eigenvalue weighted by Crippen LogP contribution is 2.26. The smallest absolute Gasteiger partial charge is 0.268 e. The molecule has 1 aromatic carbocycles. The average Bonchev–Trinajstić information content (AvgIpc) is 3.21. The number of benzene rings is 1. The number of aromatic amines is 1. The minimum Gasteiger partial charge on any atom is -0.309 e. The van der Waals surface area contributed by atoms with Crippen LogP contribution in [-0.2, 0) is 12.8 Å². The Labute approximate surface area is 152 Å². The molecule has 25 heavy (non-hydrogen) atoms. The topological polar surface area (TPSA) is 76.5 Å². The first-order valence-corrected chi connectivity index (χ1v) is 9.54. The summed E-state index contributed by atoms with van der Waals surface area (Å²) in [7, 11) is 1.95. The zero-order valence-electron chi connectivity index (χ0n) is 13.7. The lowest BCUT2D eigenvalue weighted by molar-refractivity contribution is 0.792. The summed E-state index contributed by atoms with van der Waals surface area (Å²) in [6, 6.07) is 9.96. The maximum atomic E-state index is 12.0. The van der Waals surface area contributed by atoms with Gasteiger partial charge in [0.15, 0.2) is 11.0 Å². The van der Waals surface area contributed by atoms with Gasteiger partial charge in [-0.3, -0.25) is 4.79 Å². The Hall–Kier alpha value is -2.45. The predicted molar refractivity (Wildman–Crippen MR) is 101 cm³/mol. The molecule has 126 valence electrons. The third-order valence-corrected chi connectivity index (χ3v) is 5.86. The Morgan fingerprint density at radius 1 is 1.24 bits per heavy atom. The van der Waals surface area contributed by atoms with Gasteiger partial charge in [0.2, 0.25) is 0 Å². The number of nitrogens with one attached hydrogen (secondary N) is 1. The molecule has 4 rings (SSSR count). The van der Waals surface area contributed by atoms with E-state index >= 15 is 0 Å². The van der Waals surface area contributed by atoms with Crippen molar-refractivity contribution in [3.63, 3.8) is 0 Å². The molecule has 0 atom stereocenters. The highest BCUT2D eigenvalue weighted by atomic mass is 32.2. The van der Waals surface area contributed by atoms with Crippen molar-refractivity contribution in [2.45, 2.75) is 17.8 Å². The van der Waals surface area contributed by atoms with Crippen LogP contribution in [-0.4, -0.2) is 24.7 Å². The summed E-state index contributed by atoms with van der Waals surface area (Å²) in [6.45, 7) is 2.06. The molecule has 0 aliphatic rings. The lowest BCUT2D eigenvalue weighted by Gasteiger charge is -2.06. The van der Waals surface area contributed by atoms with Crippen LogP contribution in [0.1, 0.15) is 11.4 Å². The van der Waals surface area contributed by atoms with Gasteiger partial charge in [-0.15, -0.1) is 21.5 Å². The zero-order chi connectivity index (χ0) is 17.4. The summed E-state index contributed by atoms with van der Waals surface area (Å²) in [5.41, 5.74) is 2.87. The molecule has 0 amide bonds. The number of hydrogen-bond donors (Lipinski definition) is 1. The van der Waals surface area contributed by atoms with Crippen LogP contribution in [0.15, 0.2) is 45.7 Å². The second kappa shape index (κ2) is 6.45. The number of aromatic nitrogens is 5. The number of thioether (sulfide) groups is 1. The predicted octanol–water partition coefficient (Wildman–Crippen LogP) is 3.38. The second-order valence-electron chi connectivity index (χ2n) is 5.62. The van der Waals surface area contributed by atoms with Crippen molar-refractivity contribution >= 4 is 33.3 Å². The van der Waals surface area contributed by atoms with Crippen molar-refractivity contribution in [3.05, 3.63) is 57.5 Å². The summed E-state index contributed by atoms with van der Waals surface area (Å²) in [4.78, 5) is 19.4. The van der Waals surface area contributed by atoms with Gasteiger partial charge in [-0.05, 0) is 23.9 Å². The largest absolute Gasteiger partial charge is 0.309 e. The van der Waals surface area contributed by atoms with Gasteiger partial charge < -0.3 is 9.55 Å². The number of aryl methyl sites for hydroxylation is 1. The van der Waals surface area contributed by atoms with Gasteiger partial charge >= 0.3 is 0 Å². The van der Waals surface area contributed by atoms with Crippen LogP contribution in [0.3, 0.4) is 0 Å². The Balaban J connectivity index is 1.59. The summed E-state index contributed by atoms with van der Waals surface area (Å²) < 4.78 is 2.63. The van der Waals surface area contributed by atoms with Gasteiger partial charge in [0.25, 0.3) is 5.56 Å². The molecule has 1 N–H and O–H groups in total. The fourth-order valence-electron chi connectivity index (χ4n) is 2.62. The summed E-state index contributed by atoms with van der Waals surface area (Å²) in [5.74, 6) is 2.00. The van der Waals surface area contributed by atoms with Crippen molar-refractivity contribution in [3.8, 4) is 11.4 Å². The molecule has 0 bridgehead atoms. The van der Waals surface area contributed by atoms with E-state index in [-0.39, 0.29) is 5.56 Å². The molecule has 0 aliphatic carbocycles. The van der Waals surface area contributed by atoms with E-state index in [9.17, 15) is 4.79 Å². The lowest BCUT2D eigenvalue weighted by Crippen LogP contribution is -2.09. The normalized spacial score (nSPS) is 11.3. The van der Waals surface area contributed by atoms with E-state index in [4.69, 9.17) is 0 Å². The van der Waals surface area contributed by atoms with E-state index in [1.54, 1.807) is 0 Å². The van der Waals surface area contributed by atoms with Crippen LogP contribution in [0.25, 0.3) is 21.6 Å². The molecule has 0 saturated carbocycles. The molecule has 4 aromatic rings. The Kier molecular flexibility index (Phi) is 4.14. The minimum atomic E-state index is -0.0887. The summed E-state index contributed by atoms with van der Waals surface area (Å²) >= 11 is 2.90. The first-order valence-electron chi connectivity index (χ1n) is 7.68. The summed E-state index contributed by atoms with van der Waals surface area (Å²) in [5, 5.41) is 11.3. The van der Waals surface area contributed by atoms with Gasteiger partial charge in [0.05, 0.1) is 11.3 Å². The van der Waals surface area contributed by atoms with Gasteiger partial charge in [-0.25, -0.2) is 4.98 Å². The quantitative estimate of drug-likeness (QED) is 0.558. The molecule has 0 saturated heterocycles. The van der Waals surface area contributed by atoms with E-state index < -0.39 is 0 Å². The highest BCUT2D eigenvalue weighted by molar-refractivity contribution is 7.98. The van der Waals surface area contributed by atoms with Crippen LogP contribution in [0, 0.1) is 6.92 Å². The fourth-order valence-corrected chi connectivity index (χ4v) is 4.13. The van der Waals surface area contributed by atoms with E-state index in [0.717, 1.165) is 27.6 Å². The molecular formula is C17H15N5OS2. The first-order chi connectivity index (χ1) is 12.1. The van der Waals surface area contributed by atoms with Crippen molar-refractivity contribution in [2.24, 2.45) is 7.05 Å². The molecule has 0 aliphatic heterocycles. The third kappa shape index (κ3) is 2.98. The Bertz CT molecular complexity index is 1110. The molecule has 8 heteroatoms. The van der Waals surface area contributed by atoms with Gasteiger partial charge in [0, 0.05) is 12.6 Å². The summed E-state index contributed by atoms with van der Waals surface area (Å²) in [6.07, 6.45) is 0. The fraction of sp³-hybridized carbons (Fsp3) is 0.176. The average molecular weight is 369 g/mol. The lowest BCUT2D eigenvalue weighted by atomic mass is 10.1. The molecule has 3 heterocycles. The zero-order valence-corrected chi connectivity index (χ0v) is 15.3. The minimum absolute atomic E-state index is 0.0887. The second-order valence-corrected chi connectivity index (χ2v) is 7.47. The molecule has 0 fully saturated rings.